The molecule has 4 aliphatic rings. The number of anilines is 1. The summed E-state index contributed by atoms with van der Waals surface area (Å²) in [5.41, 5.74) is 5.68. The van der Waals surface area contributed by atoms with Gasteiger partial charge in [-0.2, -0.15) is 5.10 Å². The average Bonchev–Trinajstić information content (AvgIpc) is 3.79. The molecule has 4 saturated carbocycles. The van der Waals surface area contributed by atoms with E-state index in [2.05, 4.69) is 38.8 Å². The summed E-state index contributed by atoms with van der Waals surface area (Å²) >= 11 is 1.42. The molecule has 0 radical (unpaired) electrons. The van der Waals surface area contributed by atoms with Crippen molar-refractivity contribution in [2.75, 3.05) is 12.4 Å². The lowest BCUT2D eigenvalue weighted by molar-refractivity contribution is -0.239. The van der Waals surface area contributed by atoms with Crippen LogP contribution >= 0.6 is 11.3 Å². The van der Waals surface area contributed by atoms with Gasteiger partial charge in [0.1, 0.15) is 0 Å². The van der Waals surface area contributed by atoms with Gasteiger partial charge in [-0.05, 0) is 98.1 Å². The minimum absolute atomic E-state index is 0.0456. The number of nitrogens with one attached hydrogen (secondary N) is 2. The van der Waals surface area contributed by atoms with Gasteiger partial charge >= 0.3 is 5.97 Å². The molecule has 6 aromatic rings. The number of aromatic amines is 1. The van der Waals surface area contributed by atoms with E-state index in [1.807, 2.05) is 68.6 Å². The first-order valence-electron chi connectivity index (χ1n) is 17.5. The Hall–Kier alpha value is -4.87. The zero-order chi connectivity index (χ0) is 35.3. The minimum atomic E-state index is -1.12. The molecule has 51 heavy (non-hydrogen) atoms. The van der Waals surface area contributed by atoms with Gasteiger partial charge in [-0.25, -0.2) is 14.8 Å². The average molecular weight is 701 g/mol. The molecule has 2 aromatic carbocycles. The predicted molar refractivity (Wildman–Crippen MR) is 198 cm³/mol. The summed E-state index contributed by atoms with van der Waals surface area (Å²) in [6, 6.07) is 18.8. The van der Waals surface area contributed by atoms with Crippen LogP contribution in [0.5, 0.6) is 0 Å². The number of amides is 1. The van der Waals surface area contributed by atoms with Crippen molar-refractivity contribution >= 4 is 49.5 Å². The van der Waals surface area contributed by atoms with Crippen LogP contribution in [0.3, 0.4) is 0 Å². The van der Waals surface area contributed by atoms with Crippen molar-refractivity contribution < 1.29 is 19.4 Å². The fourth-order valence-electron chi connectivity index (χ4n) is 11.0. The monoisotopic (exact) mass is 700 g/mol. The number of H-pyrrole nitrogens is 1. The summed E-state index contributed by atoms with van der Waals surface area (Å²) < 4.78 is 9.35. The standard InChI is InChI=1S/C40H40N6O4S/c1-23-27(15-41-46(23)22-39-17-37(2)16-38(3,18-39)20-40(19-37,21-39)50-4)25-12-13-28(42-33(25)35(48)49)30-14-24-8-7-9-26(32(24)43-30)34(47)45-36-44-29-10-5-6-11-31(29)51-36/h5-15,43H,16-22H2,1-4H3,(H,48,49)(H,44,45,47). The number of hydrogen-bond donors (Lipinski definition) is 3. The summed E-state index contributed by atoms with van der Waals surface area (Å²) in [6.45, 7) is 7.68. The smallest absolute Gasteiger partial charge is 0.355 e. The van der Waals surface area contributed by atoms with Crippen molar-refractivity contribution in [1.82, 2.24) is 24.7 Å². The maximum Gasteiger partial charge on any atom is 0.355 e. The fourth-order valence-corrected chi connectivity index (χ4v) is 11.8. The highest BCUT2D eigenvalue weighted by molar-refractivity contribution is 7.22. The van der Waals surface area contributed by atoms with Crippen LogP contribution in [0.1, 0.15) is 78.9 Å². The summed E-state index contributed by atoms with van der Waals surface area (Å²) in [5, 5.41) is 19.5. The number of fused-ring (bicyclic) bond motifs is 2. The lowest BCUT2D eigenvalue weighted by Gasteiger charge is -2.69. The molecule has 0 saturated heterocycles. The van der Waals surface area contributed by atoms with E-state index in [9.17, 15) is 14.7 Å². The third-order valence-electron chi connectivity index (χ3n) is 11.8. The van der Waals surface area contributed by atoms with E-state index < -0.39 is 5.97 Å². The van der Waals surface area contributed by atoms with E-state index in [1.54, 1.807) is 12.3 Å². The van der Waals surface area contributed by atoms with Crippen LogP contribution < -0.4 is 5.32 Å². The zero-order valence-corrected chi connectivity index (χ0v) is 30.0. The fraction of sp³-hybridized carbons (Fsp3) is 0.375. The van der Waals surface area contributed by atoms with Crippen LogP contribution in [0, 0.1) is 23.2 Å². The summed E-state index contributed by atoms with van der Waals surface area (Å²) in [5.74, 6) is -1.40. The maximum absolute atomic E-state index is 13.4. The Bertz CT molecular complexity index is 2360. The highest BCUT2D eigenvalue weighted by Crippen LogP contribution is 2.72. The summed E-state index contributed by atoms with van der Waals surface area (Å²) in [6.07, 6.45) is 8.60. The van der Waals surface area contributed by atoms with Crippen molar-refractivity contribution in [1.29, 1.82) is 0 Å². The molecule has 4 aliphatic carbocycles. The van der Waals surface area contributed by atoms with Crippen LogP contribution in [0.4, 0.5) is 5.13 Å². The first-order chi connectivity index (χ1) is 24.4. The van der Waals surface area contributed by atoms with Gasteiger partial charge in [0.05, 0.1) is 44.5 Å². The Kier molecular flexibility index (Phi) is 6.96. The zero-order valence-electron chi connectivity index (χ0n) is 29.2. The first-order valence-corrected chi connectivity index (χ1v) is 18.3. The number of carbonyl (C=O) groups excluding carboxylic acids is 1. The molecule has 4 heterocycles. The molecule has 4 aromatic heterocycles. The highest BCUT2D eigenvalue weighted by Gasteiger charge is 2.66. The van der Waals surface area contributed by atoms with Crippen molar-refractivity contribution in [3.8, 4) is 22.5 Å². The molecule has 10 rings (SSSR count). The van der Waals surface area contributed by atoms with Gasteiger partial charge in [0, 0.05) is 35.9 Å². The number of aromatic nitrogens is 5. The molecule has 2 atom stereocenters. The van der Waals surface area contributed by atoms with Gasteiger partial charge in [-0.15, -0.1) is 0 Å². The number of thiazole rings is 1. The SMILES string of the molecule is COC12CC3(C)CC(C)(CC(Cn4ncc(-c5ccc(-c6cc7cccc(C(=O)Nc8nc9ccccc9s8)c7[nH]6)nc5C(=O)O)c4C)(C3)C1)C2. The van der Waals surface area contributed by atoms with Crippen LogP contribution in [0.2, 0.25) is 0 Å². The van der Waals surface area contributed by atoms with Crippen LogP contribution in [0.25, 0.3) is 43.6 Å². The Morgan fingerprint density at radius 1 is 0.961 bits per heavy atom. The highest BCUT2D eigenvalue weighted by atomic mass is 32.1. The van der Waals surface area contributed by atoms with Crippen molar-refractivity contribution in [3.63, 3.8) is 0 Å². The molecule has 0 spiro atoms. The molecule has 11 heteroatoms. The predicted octanol–water partition coefficient (Wildman–Crippen LogP) is 8.73. The van der Waals surface area contributed by atoms with Gasteiger partial charge in [0.2, 0.25) is 0 Å². The second kappa shape index (κ2) is 11.1. The maximum atomic E-state index is 13.4. The Morgan fingerprint density at radius 2 is 1.75 bits per heavy atom. The number of carbonyl (C=O) groups is 2. The Balaban J connectivity index is 1.01. The van der Waals surface area contributed by atoms with E-state index in [1.165, 1.54) is 17.8 Å². The molecular formula is C40H40N6O4S. The number of methoxy groups -OCH3 is 1. The van der Waals surface area contributed by atoms with E-state index in [4.69, 9.17) is 9.84 Å². The Morgan fingerprint density at radius 3 is 2.49 bits per heavy atom. The molecule has 4 fully saturated rings. The lowest BCUT2D eigenvalue weighted by Crippen LogP contribution is -2.64. The van der Waals surface area contributed by atoms with E-state index >= 15 is 0 Å². The van der Waals surface area contributed by atoms with E-state index in [-0.39, 0.29) is 33.4 Å². The molecular weight excluding hydrogens is 661 g/mol. The topological polar surface area (TPSA) is 135 Å². The van der Waals surface area contributed by atoms with Gasteiger partial charge in [-0.3, -0.25) is 14.8 Å². The molecule has 3 N–H and O–H groups in total. The molecule has 2 unspecified atom stereocenters. The first kappa shape index (κ1) is 32.1. The van der Waals surface area contributed by atoms with Gasteiger partial charge in [0.25, 0.3) is 5.91 Å². The number of para-hydroxylation sites is 2. The number of hydrogen-bond acceptors (Lipinski definition) is 7. The van der Waals surface area contributed by atoms with Crippen molar-refractivity contribution in [3.05, 3.63) is 83.8 Å². The number of pyridine rings is 1. The van der Waals surface area contributed by atoms with Crippen LogP contribution in [0.15, 0.2) is 66.9 Å². The number of carboxylic acid groups (broad SMARTS) is 1. The summed E-state index contributed by atoms with van der Waals surface area (Å²) in [4.78, 5) is 38.7. The van der Waals surface area contributed by atoms with Gasteiger partial charge < -0.3 is 14.8 Å². The third kappa shape index (κ3) is 5.28. The van der Waals surface area contributed by atoms with Crippen LogP contribution in [-0.2, 0) is 11.3 Å². The minimum Gasteiger partial charge on any atom is -0.476 e. The molecule has 1 amide bonds. The summed E-state index contributed by atoms with van der Waals surface area (Å²) in [7, 11) is 1.88. The number of nitrogens with zero attached hydrogens (tertiary/aromatic N) is 4. The number of carboxylic acids is 1. The lowest BCUT2D eigenvalue weighted by atomic mass is 9.39. The van der Waals surface area contributed by atoms with E-state index in [0.717, 1.165) is 65.5 Å². The molecule has 4 bridgehead atoms. The number of aromatic carboxylic acids is 1. The second-order valence-electron chi connectivity index (χ2n) is 16.2. The number of ether oxygens (including phenoxy) is 1. The molecule has 0 aliphatic heterocycles. The van der Waals surface area contributed by atoms with Crippen molar-refractivity contribution in [2.45, 2.75) is 71.4 Å². The number of benzene rings is 2. The largest absolute Gasteiger partial charge is 0.476 e. The molecule has 10 nitrogen and oxygen atoms in total. The normalized spacial score (nSPS) is 26.7. The number of rotatable bonds is 8. The van der Waals surface area contributed by atoms with Crippen molar-refractivity contribution in [2.24, 2.45) is 16.2 Å². The van der Waals surface area contributed by atoms with Crippen LogP contribution in [-0.4, -0.2) is 54.4 Å². The van der Waals surface area contributed by atoms with Gasteiger partial charge in [-0.1, -0.05) is 49.4 Å². The Labute approximate surface area is 299 Å². The second-order valence-corrected chi connectivity index (χ2v) is 17.2. The molecule has 260 valence electrons. The third-order valence-corrected chi connectivity index (χ3v) is 12.7. The van der Waals surface area contributed by atoms with Gasteiger partial charge in [0.15, 0.2) is 10.8 Å². The quantitative estimate of drug-likeness (QED) is 0.145. The van der Waals surface area contributed by atoms with E-state index in [0.29, 0.717) is 33.2 Å².